The molecule has 0 fully saturated rings. The number of aromatic nitrogens is 2. The fraction of sp³-hybridized carbons (Fsp3) is 0.625. The van der Waals surface area contributed by atoms with Crippen molar-refractivity contribution in [2.24, 2.45) is 5.92 Å². The van der Waals surface area contributed by atoms with Crippen LogP contribution in [0.3, 0.4) is 0 Å². The largest absolute Gasteiger partial charge is 0.347 e. The molecule has 0 saturated carbocycles. The molecule has 1 aromatic heterocycles. The molecule has 0 spiro atoms. The van der Waals surface area contributed by atoms with Crippen LogP contribution in [0.4, 0.5) is 0 Å². The van der Waals surface area contributed by atoms with E-state index in [4.69, 9.17) is 11.6 Å². The predicted molar refractivity (Wildman–Crippen MR) is 56.7 cm³/mol. The Bertz CT molecular complexity index is 289. The Morgan fingerprint density at radius 2 is 2.43 bits per heavy atom. The first-order chi connectivity index (χ1) is 6.65. The van der Waals surface area contributed by atoms with Crippen LogP contribution in [-0.2, 0) is 0 Å². The quantitative estimate of drug-likeness (QED) is 0.803. The summed E-state index contributed by atoms with van der Waals surface area (Å²) in [4.78, 5) is 12.1. The van der Waals surface area contributed by atoms with E-state index in [9.17, 15) is 4.79 Å². The summed E-state index contributed by atoms with van der Waals surface area (Å²) >= 11 is 6.80. The highest BCUT2D eigenvalue weighted by atomic mass is 35.5. The van der Waals surface area contributed by atoms with Crippen molar-refractivity contribution in [3.05, 3.63) is 11.1 Å². The van der Waals surface area contributed by atoms with Gasteiger partial charge in [0.15, 0.2) is 0 Å². The van der Waals surface area contributed by atoms with Crippen molar-refractivity contribution in [2.45, 2.75) is 19.9 Å². The minimum Gasteiger partial charge on any atom is -0.347 e. The number of rotatable bonds is 4. The fourth-order valence-corrected chi connectivity index (χ4v) is 1.74. The molecular formula is C8H12ClN3OS. The number of nitrogens with one attached hydrogen (secondary N) is 1. The van der Waals surface area contributed by atoms with Gasteiger partial charge in [-0.2, -0.15) is 0 Å². The summed E-state index contributed by atoms with van der Waals surface area (Å²) in [5.74, 6) is 0.576. The van der Waals surface area contributed by atoms with Crippen LogP contribution < -0.4 is 5.32 Å². The molecule has 1 atom stereocenters. The van der Waals surface area contributed by atoms with Gasteiger partial charge in [0.25, 0.3) is 5.91 Å². The highest BCUT2D eigenvalue weighted by Crippen LogP contribution is 2.07. The highest BCUT2D eigenvalue weighted by molar-refractivity contribution is 7.07. The SMILES string of the molecule is CC(C)C(CCl)NC(=O)c1cnns1. The Kier molecular flexibility index (Phi) is 4.28. The molecule has 4 nitrogen and oxygen atoms in total. The van der Waals surface area contributed by atoms with Crippen molar-refractivity contribution in [2.75, 3.05) is 5.88 Å². The molecule has 1 unspecified atom stereocenters. The van der Waals surface area contributed by atoms with E-state index in [1.165, 1.54) is 6.20 Å². The standard InChI is InChI=1S/C8H12ClN3OS/c1-5(2)6(3-9)11-8(13)7-4-10-12-14-7/h4-6H,3H2,1-2H3,(H,11,13). The van der Waals surface area contributed by atoms with Crippen LogP contribution in [0.15, 0.2) is 6.20 Å². The van der Waals surface area contributed by atoms with Gasteiger partial charge in [-0.3, -0.25) is 4.79 Å². The van der Waals surface area contributed by atoms with Gasteiger partial charge in [0, 0.05) is 11.9 Å². The van der Waals surface area contributed by atoms with Crippen LogP contribution in [0.25, 0.3) is 0 Å². The molecular weight excluding hydrogens is 222 g/mol. The van der Waals surface area contributed by atoms with E-state index in [1.54, 1.807) is 0 Å². The monoisotopic (exact) mass is 233 g/mol. The van der Waals surface area contributed by atoms with Crippen LogP contribution in [-0.4, -0.2) is 27.4 Å². The van der Waals surface area contributed by atoms with Crippen LogP contribution in [0.1, 0.15) is 23.5 Å². The number of hydrogen-bond donors (Lipinski definition) is 1. The van der Waals surface area contributed by atoms with Crippen molar-refractivity contribution in [3.8, 4) is 0 Å². The third kappa shape index (κ3) is 2.92. The molecule has 0 saturated heterocycles. The predicted octanol–water partition coefficient (Wildman–Crippen LogP) is 1.53. The van der Waals surface area contributed by atoms with Crippen LogP contribution >= 0.6 is 23.1 Å². The Labute approximate surface area is 91.8 Å². The number of halogens is 1. The minimum absolute atomic E-state index is 0.00809. The van der Waals surface area contributed by atoms with Gasteiger partial charge in [0.2, 0.25) is 0 Å². The summed E-state index contributed by atoms with van der Waals surface area (Å²) in [7, 11) is 0. The van der Waals surface area contributed by atoms with Crippen molar-refractivity contribution >= 4 is 29.0 Å². The highest BCUT2D eigenvalue weighted by Gasteiger charge is 2.17. The molecule has 0 bridgehead atoms. The van der Waals surface area contributed by atoms with Crippen molar-refractivity contribution in [1.82, 2.24) is 14.9 Å². The third-order valence-electron chi connectivity index (χ3n) is 1.87. The maximum Gasteiger partial charge on any atom is 0.264 e. The van der Waals surface area contributed by atoms with Gasteiger partial charge >= 0.3 is 0 Å². The third-order valence-corrected chi connectivity index (χ3v) is 2.87. The van der Waals surface area contributed by atoms with Crippen molar-refractivity contribution in [1.29, 1.82) is 0 Å². The number of carbonyl (C=O) groups is 1. The summed E-state index contributed by atoms with van der Waals surface area (Å²) < 4.78 is 3.62. The molecule has 6 heteroatoms. The van der Waals surface area contributed by atoms with Crippen LogP contribution in [0.2, 0.25) is 0 Å². The number of amides is 1. The van der Waals surface area contributed by atoms with Crippen LogP contribution in [0.5, 0.6) is 0 Å². The first-order valence-electron chi connectivity index (χ1n) is 4.29. The van der Waals surface area contributed by atoms with E-state index in [0.29, 0.717) is 16.7 Å². The van der Waals surface area contributed by atoms with Gasteiger partial charge in [-0.15, -0.1) is 16.7 Å². The second kappa shape index (κ2) is 5.26. The number of alkyl halides is 1. The van der Waals surface area contributed by atoms with E-state index in [0.717, 1.165) is 11.5 Å². The first kappa shape index (κ1) is 11.4. The summed E-state index contributed by atoms with van der Waals surface area (Å²) in [6, 6.07) is -0.00809. The molecule has 0 aliphatic heterocycles. The lowest BCUT2D eigenvalue weighted by Crippen LogP contribution is -2.39. The average molecular weight is 234 g/mol. The number of hydrogen-bond acceptors (Lipinski definition) is 4. The van der Waals surface area contributed by atoms with Gasteiger partial charge in [-0.1, -0.05) is 18.3 Å². The second-order valence-corrected chi connectivity index (χ2v) is 4.35. The molecule has 0 aliphatic rings. The lowest BCUT2D eigenvalue weighted by molar-refractivity contribution is 0.0935. The second-order valence-electron chi connectivity index (χ2n) is 3.26. The Hall–Kier alpha value is -0.680. The summed E-state index contributed by atoms with van der Waals surface area (Å²) in [5, 5.41) is 6.42. The summed E-state index contributed by atoms with van der Waals surface area (Å²) in [6.45, 7) is 4.02. The molecule has 78 valence electrons. The molecule has 14 heavy (non-hydrogen) atoms. The molecule has 1 heterocycles. The molecule has 0 aliphatic carbocycles. The Balaban J connectivity index is 2.56. The molecule has 1 N–H and O–H groups in total. The zero-order chi connectivity index (χ0) is 10.6. The maximum absolute atomic E-state index is 11.5. The number of carbonyl (C=O) groups excluding carboxylic acids is 1. The van der Waals surface area contributed by atoms with Crippen molar-refractivity contribution < 1.29 is 4.79 Å². The van der Waals surface area contributed by atoms with E-state index in [2.05, 4.69) is 14.9 Å². The topological polar surface area (TPSA) is 54.9 Å². The first-order valence-corrected chi connectivity index (χ1v) is 5.60. The fourth-order valence-electron chi connectivity index (χ4n) is 0.890. The smallest absolute Gasteiger partial charge is 0.264 e. The lowest BCUT2D eigenvalue weighted by Gasteiger charge is -2.18. The van der Waals surface area contributed by atoms with Gasteiger partial charge < -0.3 is 5.32 Å². The van der Waals surface area contributed by atoms with E-state index in [-0.39, 0.29) is 11.9 Å². The maximum atomic E-state index is 11.5. The van der Waals surface area contributed by atoms with Crippen molar-refractivity contribution in [3.63, 3.8) is 0 Å². The Morgan fingerprint density at radius 1 is 1.71 bits per heavy atom. The molecule has 0 radical (unpaired) electrons. The normalized spacial score (nSPS) is 12.9. The minimum atomic E-state index is -0.153. The lowest BCUT2D eigenvalue weighted by atomic mass is 10.1. The number of nitrogens with zero attached hydrogens (tertiary/aromatic N) is 2. The zero-order valence-corrected chi connectivity index (χ0v) is 9.60. The average Bonchev–Trinajstić information content (AvgIpc) is 2.65. The van der Waals surface area contributed by atoms with E-state index in [1.807, 2.05) is 13.8 Å². The van der Waals surface area contributed by atoms with E-state index < -0.39 is 0 Å². The molecule has 1 rings (SSSR count). The Morgan fingerprint density at radius 3 is 2.86 bits per heavy atom. The van der Waals surface area contributed by atoms with Gasteiger partial charge in [-0.05, 0) is 17.5 Å². The van der Waals surface area contributed by atoms with Crippen LogP contribution in [0, 0.1) is 5.92 Å². The summed E-state index contributed by atoms with van der Waals surface area (Å²) in [5.41, 5.74) is 0. The molecule has 1 amide bonds. The zero-order valence-electron chi connectivity index (χ0n) is 8.03. The molecule has 1 aromatic rings. The van der Waals surface area contributed by atoms with E-state index >= 15 is 0 Å². The molecule has 0 aromatic carbocycles. The summed E-state index contributed by atoms with van der Waals surface area (Å²) in [6.07, 6.45) is 1.45. The van der Waals surface area contributed by atoms with Gasteiger partial charge in [-0.25, -0.2) is 0 Å². The van der Waals surface area contributed by atoms with Gasteiger partial charge in [0.1, 0.15) is 4.88 Å². The van der Waals surface area contributed by atoms with Gasteiger partial charge in [0.05, 0.1) is 6.20 Å².